The minimum atomic E-state index is -0.215. The second kappa shape index (κ2) is 10.9. The largest absolute Gasteiger partial charge is 0.497 e. The molecule has 6 nitrogen and oxygen atoms in total. The minimum Gasteiger partial charge on any atom is -0.497 e. The van der Waals surface area contributed by atoms with E-state index in [4.69, 9.17) is 4.74 Å². The Labute approximate surface area is 162 Å². The quantitative estimate of drug-likeness (QED) is 0.795. The molecule has 0 bridgehead atoms. The van der Waals surface area contributed by atoms with Crippen molar-refractivity contribution in [2.75, 3.05) is 39.6 Å². The SMILES string of the molecule is COc1cccc(NC(=O)CN(C)C(=O)CN(C)C2CCCCCCC2)c1. The van der Waals surface area contributed by atoms with Crippen LogP contribution in [0.2, 0.25) is 0 Å². The van der Waals surface area contributed by atoms with Gasteiger partial charge in [-0.3, -0.25) is 14.5 Å². The molecule has 27 heavy (non-hydrogen) atoms. The van der Waals surface area contributed by atoms with Crippen molar-refractivity contribution in [2.45, 2.75) is 51.0 Å². The van der Waals surface area contributed by atoms with Crippen molar-refractivity contribution in [3.05, 3.63) is 24.3 Å². The van der Waals surface area contributed by atoms with Gasteiger partial charge in [-0.2, -0.15) is 0 Å². The highest BCUT2D eigenvalue weighted by Gasteiger charge is 2.21. The van der Waals surface area contributed by atoms with Crippen molar-refractivity contribution < 1.29 is 14.3 Å². The zero-order valence-corrected chi connectivity index (χ0v) is 16.9. The highest BCUT2D eigenvalue weighted by molar-refractivity contribution is 5.94. The van der Waals surface area contributed by atoms with E-state index >= 15 is 0 Å². The molecule has 0 aromatic heterocycles. The molecular weight excluding hydrogens is 342 g/mol. The van der Waals surface area contributed by atoms with E-state index < -0.39 is 0 Å². The zero-order valence-electron chi connectivity index (χ0n) is 16.9. The topological polar surface area (TPSA) is 61.9 Å². The normalized spacial score (nSPS) is 15.7. The average Bonchev–Trinajstić information content (AvgIpc) is 2.61. The molecule has 150 valence electrons. The number of likely N-dealkylation sites (N-methyl/N-ethyl adjacent to an activating group) is 2. The fourth-order valence-corrected chi connectivity index (χ4v) is 3.54. The molecule has 6 heteroatoms. The number of carbonyl (C=O) groups excluding carboxylic acids is 2. The number of ether oxygens (including phenoxy) is 1. The lowest BCUT2D eigenvalue weighted by Gasteiger charge is -2.30. The standard InChI is InChI=1S/C21H33N3O3/c1-23(18-11-7-5-4-6-8-12-18)16-21(26)24(2)15-20(25)22-17-10-9-13-19(14-17)27-3/h9-10,13-14,18H,4-8,11-12,15-16H2,1-3H3,(H,22,25). The third-order valence-corrected chi connectivity index (χ3v) is 5.24. The molecule has 2 rings (SSSR count). The molecule has 1 saturated carbocycles. The predicted octanol–water partition coefficient (Wildman–Crippen LogP) is 3.14. The molecule has 1 N–H and O–H groups in total. The van der Waals surface area contributed by atoms with Crippen LogP contribution in [0.4, 0.5) is 5.69 Å². The first-order chi connectivity index (χ1) is 13.0. The van der Waals surface area contributed by atoms with Gasteiger partial charge < -0.3 is 15.0 Å². The van der Waals surface area contributed by atoms with Crippen LogP contribution in [0, 0.1) is 0 Å². The van der Waals surface area contributed by atoms with Crippen LogP contribution in [0.25, 0.3) is 0 Å². The summed E-state index contributed by atoms with van der Waals surface area (Å²) >= 11 is 0. The Hall–Kier alpha value is -2.08. The Morgan fingerprint density at radius 3 is 2.41 bits per heavy atom. The highest BCUT2D eigenvalue weighted by Crippen LogP contribution is 2.20. The van der Waals surface area contributed by atoms with Gasteiger partial charge in [0.15, 0.2) is 0 Å². The van der Waals surface area contributed by atoms with Gasteiger partial charge >= 0.3 is 0 Å². The lowest BCUT2D eigenvalue weighted by molar-refractivity contribution is -0.134. The Morgan fingerprint density at radius 2 is 1.74 bits per heavy atom. The van der Waals surface area contributed by atoms with Gasteiger partial charge in [0.2, 0.25) is 11.8 Å². The van der Waals surface area contributed by atoms with Crippen LogP contribution in [-0.4, -0.2) is 62.0 Å². The van der Waals surface area contributed by atoms with Crippen molar-refractivity contribution in [1.29, 1.82) is 0 Å². The van der Waals surface area contributed by atoms with Crippen LogP contribution in [0.3, 0.4) is 0 Å². The maximum Gasteiger partial charge on any atom is 0.243 e. The summed E-state index contributed by atoms with van der Waals surface area (Å²) in [5.41, 5.74) is 0.659. The molecule has 1 aliphatic rings. The summed E-state index contributed by atoms with van der Waals surface area (Å²) in [6.07, 6.45) is 8.71. The lowest BCUT2D eigenvalue weighted by atomic mass is 9.96. The van der Waals surface area contributed by atoms with Crippen LogP contribution in [0.5, 0.6) is 5.75 Å². The monoisotopic (exact) mass is 375 g/mol. The number of carbonyl (C=O) groups is 2. The molecule has 0 saturated heterocycles. The average molecular weight is 376 g/mol. The number of benzene rings is 1. The van der Waals surface area contributed by atoms with E-state index in [1.54, 1.807) is 26.3 Å². The van der Waals surface area contributed by atoms with Gasteiger partial charge in [-0.1, -0.05) is 38.2 Å². The van der Waals surface area contributed by atoms with Gasteiger partial charge in [0.05, 0.1) is 20.2 Å². The summed E-state index contributed by atoms with van der Waals surface area (Å²) in [6.45, 7) is 0.391. The molecular formula is C21H33N3O3. The number of methoxy groups -OCH3 is 1. The smallest absolute Gasteiger partial charge is 0.243 e. The van der Waals surface area contributed by atoms with Gasteiger partial charge in [-0.15, -0.1) is 0 Å². The Kier molecular flexibility index (Phi) is 8.58. The number of hydrogen-bond donors (Lipinski definition) is 1. The fourth-order valence-electron chi connectivity index (χ4n) is 3.54. The summed E-state index contributed by atoms with van der Waals surface area (Å²) in [6, 6.07) is 7.64. The first-order valence-electron chi connectivity index (χ1n) is 9.87. The third-order valence-electron chi connectivity index (χ3n) is 5.24. The Balaban J connectivity index is 1.80. The molecule has 0 heterocycles. The van der Waals surface area contributed by atoms with Gasteiger partial charge in [0.1, 0.15) is 5.75 Å². The van der Waals surface area contributed by atoms with Crippen LogP contribution in [-0.2, 0) is 9.59 Å². The van der Waals surface area contributed by atoms with E-state index in [1.807, 2.05) is 19.2 Å². The molecule has 0 unspecified atom stereocenters. The summed E-state index contributed by atoms with van der Waals surface area (Å²) < 4.78 is 5.15. The second-order valence-corrected chi connectivity index (χ2v) is 7.44. The molecule has 0 aliphatic heterocycles. The minimum absolute atomic E-state index is 0.0275. The molecule has 0 atom stereocenters. The number of nitrogens with one attached hydrogen (secondary N) is 1. The van der Waals surface area contributed by atoms with E-state index in [-0.39, 0.29) is 18.4 Å². The van der Waals surface area contributed by atoms with Gasteiger partial charge in [0.25, 0.3) is 0 Å². The summed E-state index contributed by atoms with van der Waals surface area (Å²) in [7, 11) is 5.29. The first kappa shape index (κ1) is 21.2. The number of rotatable bonds is 7. The van der Waals surface area contributed by atoms with E-state index in [1.165, 1.54) is 37.0 Å². The number of anilines is 1. The molecule has 0 radical (unpaired) electrons. The van der Waals surface area contributed by atoms with Crippen molar-refractivity contribution in [3.63, 3.8) is 0 Å². The van der Waals surface area contributed by atoms with Crippen molar-refractivity contribution in [2.24, 2.45) is 0 Å². The number of hydrogen-bond acceptors (Lipinski definition) is 4. The van der Waals surface area contributed by atoms with Crippen molar-refractivity contribution in [3.8, 4) is 5.75 Å². The lowest BCUT2D eigenvalue weighted by Crippen LogP contribution is -2.43. The van der Waals surface area contributed by atoms with Crippen LogP contribution >= 0.6 is 0 Å². The molecule has 0 spiro atoms. The van der Waals surface area contributed by atoms with Crippen LogP contribution in [0.15, 0.2) is 24.3 Å². The fraction of sp³-hybridized carbons (Fsp3) is 0.619. The van der Waals surface area contributed by atoms with Gasteiger partial charge in [0, 0.05) is 24.8 Å². The zero-order chi connectivity index (χ0) is 19.6. The van der Waals surface area contributed by atoms with E-state index in [2.05, 4.69) is 10.2 Å². The Morgan fingerprint density at radius 1 is 1.07 bits per heavy atom. The van der Waals surface area contributed by atoms with E-state index in [0.717, 1.165) is 12.8 Å². The molecule has 1 aliphatic carbocycles. The number of nitrogens with zero attached hydrogens (tertiary/aromatic N) is 2. The van der Waals surface area contributed by atoms with Gasteiger partial charge in [-0.25, -0.2) is 0 Å². The molecule has 1 fully saturated rings. The summed E-state index contributed by atoms with van der Waals surface area (Å²) in [5, 5.41) is 2.81. The maximum atomic E-state index is 12.5. The van der Waals surface area contributed by atoms with E-state index in [9.17, 15) is 9.59 Å². The van der Waals surface area contributed by atoms with E-state index in [0.29, 0.717) is 24.0 Å². The van der Waals surface area contributed by atoms with Gasteiger partial charge in [-0.05, 0) is 32.0 Å². The molecule has 1 aromatic rings. The van der Waals surface area contributed by atoms with Crippen molar-refractivity contribution in [1.82, 2.24) is 9.80 Å². The van der Waals surface area contributed by atoms with Crippen LogP contribution in [0.1, 0.15) is 44.9 Å². The second-order valence-electron chi connectivity index (χ2n) is 7.44. The first-order valence-corrected chi connectivity index (χ1v) is 9.87. The highest BCUT2D eigenvalue weighted by atomic mass is 16.5. The Bertz CT molecular complexity index is 612. The third kappa shape index (κ3) is 7.21. The van der Waals surface area contributed by atoms with Crippen molar-refractivity contribution >= 4 is 17.5 Å². The predicted molar refractivity (Wildman–Crippen MR) is 108 cm³/mol. The maximum absolute atomic E-state index is 12.5. The molecule has 1 aromatic carbocycles. The summed E-state index contributed by atoms with van der Waals surface area (Å²) in [5.74, 6) is 0.436. The number of amides is 2. The molecule has 2 amide bonds. The summed E-state index contributed by atoms with van der Waals surface area (Å²) in [4.78, 5) is 28.4. The van der Waals surface area contributed by atoms with Crippen LogP contribution < -0.4 is 10.1 Å².